The molecular formula is C36H47N9O8. The molecule has 3 aliphatic rings. The summed E-state index contributed by atoms with van der Waals surface area (Å²) in [6, 6.07) is 14.6. The van der Waals surface area contributed by atoms with Gasteiger partial charge in [0.1, 0.15) is 0 Å². The molecule has 0 bridgehead atoms. The van der Waals surface area contributed by atoms with Gasteiger partial charge in [0.2, 0.25) is 11.9 Å². The predicted molar refractivity (Wildman–Crippen MR) is 198 cm³/mol. The molecule has 17 nitrogen and oxygen atoms in total. The van der Waals surface area contributed by atoms with Crippen molar-refractivity contribution in [3.05, 3.63) is 54.1 Å². The molecule has 1 aromatic heterocycles. The molecule has 284 valence electrons. The Labute approximate surface area is 307 Å². The summed E-state index contributed by atoms with van der Waals surface area (Å²) in [5.74, 6) is -0.294. The van der Waals surface area contributed by atoms with Gasteiger partial charge in [-0.05, 0) is 75.5 Å². The number of aromatic nitrogens is 3. The molecule has 3 aliphatic heterocycles. The molecule has 4 heterocycles. The topological polar surface area (TPSA) is 203 Å². The van der Waals surface area contributed by atoms with Crippen LogP contribution in [0.1, 0.15) is 36.0 Å². The predicted octanol–water partition coefficient (Wildman–Crippen LogP) is 2.96. The van der Waals surface area contributed by atoms with Crippen LogP contribution in [-0.2, 0) is 19.1 Å². The third-order valence-corrected chi connectivity index (χ3v) is 9.03. The maximum Gasteiger partial charge on any atom is 0.323 e. The Morgan fingerprint density at radius 2 is 1.15 bits per heavy atom. The molecule has 3 aromatic rings. The molecule has 6 rings (SSSR count). The maximum atomic E-state index is 13.0. The van der Waals surface area contributed by atoms with Crippen LogP contribution in [0, 0.1) is 0 Å². The number of likely N-dealkylation sites (tertiary alicyclic amines) is 1. The van der Waals surface area contributed by atoms with E-state index in [1.54, 1.807) is 24.3 Å². The first-order valence-electron chi connectivity index (χ1n) is 17.6. The zero-order chi connectivity index (χ0) is 37.7. The number of piperidine rings is 1. The van der Waals surface area contributed by atoms with Crippen LogP contribution in [0.25, 0.3) is 11.4 Å². The molecule has 0 unspecified atom stereocenters. The van der Waals surface area contributed by atoms with Gasteiger partial charge in [0.05, 0.1) is 39.3 Å². The van der Waals surface area contributed by atoms with Gasteiger partial charge in [-0.15, -0.1) is 0 Å². The zero-order valence-corrected chi connectivity index (χ0v) is 30.1. The second-order valence-corrected chi connectivity index (χ2v) is 13.0. The maximum absolute atomic E-state index is 13.0. The van der Waals surface area contributed by atoms with Crippen LogP contribution >= 0.6 is 0 Å². The Morgan fingerprint density at radius 1 is 0.698 bits per heavy atom. The minimum Gasteiger partial charge on any atom is -0.481 e. The van der Waals surface area contributed by atoms with Crippen molar-refractivity contribution >= 4 is 47.1 Å². The highest BCUT2D eigenvalue weighted by Gasteiger charge is 2.25. The molecule has 3 amide bonds. The normalized spacial score (nSPS) is 16.4. The molecule has 0 atom stereocenters. The van der Waals surface area contributed by atoms with E-state index >= 15 is 0 Å². The van der Waals surface area contributed by atoms with E-state index in [0.717, 1.165) is 57.7 Å². The Hall–Kier alpha value is -5.39. The van der Waals surface area contributed by atoms with Gasteiger partial charge in [0, 0.05) is 67.8 Å². The average Bonchev–Trinajstić information content (AvgIpc) is 3.18. The second-order valence-electron chi connectivity index (χ2n) is 13.0. The van der Waals surface area contributed by atoms with Crippen molar-refractivity contribution in [2.75, 3.05) is 100 Å². The lowest BCUT2D eigenvalue weighted by Crippen LogP contribution is -2.44. The van der Waals surface area contributed by atoms with E-state index in [4.69, 9.17) is 34.6 Å². The number of aliphatic carboxylic acids is 2. The van der Waals surface area contributed by atoms with E-state index in [1.165, 1.54) is 0 Å². The third-order valence-electron chi connectivity index (χ3n) is 9.03. The average molecular weight is 734 g/mol. The first-order chi connectivity index (χ1) is 25.5. The Kier molecular flexibility index (Phi) is 13.9. The van der Waals surface area contributed by atoms with E-state index in [1.807, 2.05) is 29.2 Å². The van der Waals surface area contributed by atoms with Gasteiger partial charge >= 0.3 is 18.0 Å². The number of ether oxygens (including phenoxy) is 2. The van der Waals surface area contributed by atoms with E-state index < -0.39 is 11.9 Å². The number of nitrogens with zero attached hydrogens (tertiary/aromatic N) is 7. The molecule has 17 heteroatoms. The van der Waals surface area contributed by atoms with E-state index in [-0.39, 0.29) is 24.8 Å². The van der Waals surface area contributed by atoms with Crippen molar-refractivity contribution in [2.24, 2.45) is 0 Å². The quantitative estimate of drug-likeness (QED) is 0.237. The number of carboxylic acid groups (broad SMARTS) is 2. The highest BCUT2D eigenvalue weighted by Crippen LogP contribution is 2.25. The van der Waals surface area contributed by atoms with Crippen molar-refractivity contribution in [1.82, 2.24) is 24.8 Å². The number of anilines is 4. The van der Waals surface area contributed by atoms with Crippen molar-refractivity contribution in [3.63, 3.8) is 0 Å². The lowest BCUT2D eigenvalue weighted by atomic mass is 10.0. The number of morpholine rings is 2. The summed E-state index contributed by atoms with van der Waals surface area (Å²) < 4.78 is 11.0. The summed E-state index contributed by atoms with van der Waals surface area (Å²) in [7, 11) is 4.17. The Bertz CT molecular complexity index is 1640. The number of hydrogen-bond donors (Lipinski definition) is 4. The highest BCUT2D eigenvalue weighted by atomic mass is 16.5. The van der Waals surface area contributed by atoms with Gasteiger partial charge in [-0.2, -0.15) is 15.0 Å². The number of benzene rings is 2. The van der Waals surface area contributed by atoms with Crippen LogP contribution in [-0.4, -0.2) is 145 Å². The number of nitrogens with one attached hydrogen (secondary N) is 2. The number of urea groups is 1. The molecule has 4 N–H and O–H groups in total. The minimum atomic E-state index is -1.08. The summed E-state index contributed by atoms with van der Waals surface area (Å²) >= 11 is 0. The third kappa shape index (κ3) is 11.6. The lowest BCUT2D eigenvalue weighted by Gasteiger charge is -2.35. The smallest absolute Gasteiger partial charge is 0.323 e. The molecule has 3 saturated heterocycles. The van der Waals surface area contributed by atoms with E-state index in [2.05, 4.69) is 39.4 Å². The molecule has 3 fully saturated rings. The lowest BCUT2D eigenvalue weighted by molar-refractivity contribution is -0.143. The summed E-state index contributed by atoms with van der Waals surface area (Å²) in [5.41, 5.74) is 2.66. The van der Waals surface area contributed by atoms with Crippen molar-refractivity contribution in [1.29, 1.82) is 0 Å². The van der Waals surface area contributed by atoms with Crippen molar-refractivity contribution in [2.45, 2.75) is 31.7 Å². The van der Waals surface area contributed by atoms with Gasteiger partial charge in [0.15, 0.2) is 5.82 Å². The second kappa shape index (κ2) is 18.9. The fourth-order valence-electron chi connectivity index (χ4n) is 5.97. The summed E-state index contributed by atoms with van der Waals surface area (Å²) in [5, 5.41) is 21.5. The number of amides is 3. The van der Waals surface area contributed by atoms with Crippen LogP contribution in [0.5, 0.6) is 0 Å². The molecule has 53 heavy (non-hydrogen) atoms. The highest BCUT2D eigenvalue weighted by molar-refractivity contribution is 6.00. The Morgan fingerprint density at radius 3 is 1.58 bits per heavy atom. The largest absolute Gasteiger partial charge is 0.481 e. The molecular weight excluding hydrogens is 686 g/mol. The van der Waals surface area contributed by atoms with Gasteiger partial charge in [-0.1, -0.05) is 0 Å². The SMILES string of the molecule is CN(C)C1CCN(C(=O)c2ccc(NC(=O)Nc3ccc(-c4nc(N5CCOCC5)nc(N5CCOCC5)n4)cc3)cc2)CC1.O=C(O)CCC(=O)O. The van der Waals surface area contributed by atoms with E-state index in [0.29, 0.717) is 67.1 Å². The zero-order valence-electron chi connectivity index (χ0n) is 30.1. The fraction of sp³-hybridized carbons (Fsp3) is 0.472. The standard InChI is InChI=1S/C32H41N9O4.C4H6O4/c1-38(2)27-11-13-39(14-12-27)29(42)24-5-9-26(10-6-24)34-32(43)33-25-7-3-23(4-8-25)28-35-30(40-15-19-44-20-16-40)37-31(36-28)41-17-21-45-22-18-41;5-3(6)1-2-4(7)8/h3-10,27H,11-22H2,1-2H3,(H2,33,34,43);1-2H2,(H,5,6)(H,7,8). The van der Waals surface area contributed by atoms with Crippen molar-refractivity contribution in [3.8, 4) is 11.4 Å². The first kappa shape index (κ1) is 38.8. The molecule has 2 aromatic carbocycles. The summed E-state index contributed by atoms with van der Waals surface area (Å²) in [4.78, 5) is 67.7. The van der Waals surface area contributed by atoms with Gasteiger partial charge in [-0.3, -0.25) is 14.4 Å². The minimum absolute atomic E-state index is 0.0237. The molecule has 0 aliphatic carbocycles. The number of carbonyl (C=O) groups is 4. The van der Waals surface area contributed by atoms with Gasteiger partial charge < -0.3 is 49.9 Å². The van der Waals surface area contributed by atoms with Gasteiger partial charge in [0.25, 0.3) is 5.91 Å². The molecule has 0 spiro atoms. The number of carbonyl (C=O) groups excluding carboxylic acids is 2. The summed E-state index contributed by atoms with van der Waals surface area (Å²) in [6.45, 7) is 6.92. The van der Waals surface area contributed by atoms with E-state index in [9.17, 15) is 19.2 Å². The van der Waals surface area contributed by atoms with Crippen LogP contribution in [0.2, 0.25) is 0 Å². The van der Waals surface area contributed by atoms with Crippen LogP contribution in [0.3, 0.4) is 0 Å². The number of hydrogen-bond acceptors (Lipinski definition) is 12. The Balaban J connectivity index is 0.000000609. The van der Waals surface area contributed by atoms with Gasteiger partial charge in [-0.25, -0.2) is 4.79 Å². The van der Waals surface area contributed by atoms with Crippen LogP contribution in [0.15, 0.2) is 48.5 Å². The number of rotatable bonds is 10. The van der Waals surface area contributed by atoms with Crippen LogP contribution < -0.4 is 20.4 Å². The molecule has 0 saturated carbocycles. The number of carboxylic acids is 2. The molecule has 0 radical (unpaired) electrons. The summed E-state index contributed by atoms with van der Waals surface area (Å²) in [6.07, 6.45) is 1.35. The monoisotopic (exact) mass is 733 g/mol. The van der Waals surface area contributed by atoms with Crippen LogP contribution in [0.4, 0.5) is 28.1 Å². The first-order valence-corrected chi connectivity index (χ1v) is 17.6. The fourth-order valence-corrected chi connectivity index (χ4v) is 5.97. The van der Waals surface area contributed by atoms with Crippen molar-refractivity contribution < 1.29 is 38.9 Å².